The number of para-hydroxylation sites is 1. The molecule has 0 unspecified atom stereocenters. The number of carbonyl (C=O) groups is 1. The van der Waals surface area contributed by atoms with Gasteiger partial charge in [0.05, 0.1) is 17.3 Å². The molecule has 25 heavy (non-hydrogen) atoms. The first-order valence-electron chi connectivity index (χ1n) is 8.35. The summed E-state index contributed by atoms with van der Waals surface area (Å²) in [6.45, 7) is 2.60. The molecule has 0 aromatic heterocycles. The van der Waals surface area contributed by atoms with E-state index in [9.17, 15) is 4.79 Å². The molecule has 2 heterocycles. The number of benzene rings is 2. The molecule has 0 bridgehead atoms. The van der Waals surface area contributed by atoms with Crippen LogP contribution in [0.25, 0.3) is 0 Å². The highest BCUT2D eigenvalue weighted by molar-refractivity contribution is 6.34. The summed E-state index contributed by atoms with van der Waals surface area (Å²) < 4.78 is 10.6. The molecular weight excluding hydrogens is 340 g/mol. The number of fused-ring (bicyclic) bond motifs is 2. The van der Waals surface area contributed by atoms with Crippen molar-refractivity contribution in [1.29, 1.82) is 0 Å². The lowest BCUT2D eigenvalue weighted by Crippen LogP contribution is -2.42. The van der Waals surface area contributed by atoms with Gasteiger partial charge in [-0.2, -0.15) is 0 Å². The van der Waals surface area contributed by atoms with Gasteiger partial charge in [-0.3, -0.25) is 4.79 Å². The molecule has 0 spiro atoms. The second kappa shape index (κ2) is 6.48. The van der Waals surface area contributed by atoms with E-state index in [-0.39, 0.29) is 19.2 Å². The molecule has 2 aromatic rings. The number of carbonyl (C=O) groups excluding carboxylic acids is 1. The van der Waals surface area contributed by atoms with Crippen LogP contribution in [0.3, 0.4) is 0 Å². The molecule has 1 amide bonds. The average Bonchev–Trinajstić information content (AvgIpc) is 3.05. The number of halogens is 1. The highest BCUT2D eigenvalue weighted by Crippen LogP contribution is 2.39. The van der Waals surface area contributed by atoms with Crippen molar-refractivity contribution in [3.8, 4) is 11.5 Å². The molecule has 6 heteroatoms. The zero-order chi connectivity index (χ0) is 17.4. The fourth-order valence-corrected chi connectivity index (χ4v) is 3.56. The highest BCUT2D eigenvalue weighted by atomic mass is 35.5. The number of anilines is 2. The van der Waals surface area contributed by atoms with Gasteiger partial charge in [0.1, 0.15) is 0 Å². The Balaban J connectivity index is 1.51. The monoisotopic (exact) mass is 358 g/mol. The summed E-state index contributed by atoms with van der Waals surface area (Å²) in [6.07, 6.45) is 2.08. The van der Waals surface area contributed by atoms with Gasteiger partial charge in [-0.15, -0.1) is 0 Å². The minimum atomic E-state index is -0.107. The summed E-state index contributed by atoms with van der Waals surface area (Å²) in [4.78, 5) is 14.8. The quantitative estimate of drug-likeness (QED) is 0.905. The van der Waals surface area contributed by atoms with Gasteiger partial charge in [0.2, 0.25) is 12.7 Å². The van der Waals surface area contributed by atoms with E-state index in [4.69, 9.17) is 21.1 Å². The number of amides is 1. The number of ether oxygens (including phenoxy) is 2. The Kier molecular flexibility index (Phi) is 4.17. The maximum absolute atomic E-state index is 12.6. The van der Waals surface area contributed by atoms with Crippen molar-refractivity contribution in [2.45, 2.75) is 25.8 Å². The summed E-state index contributed by atoms with van der Waals surface area (Å²) in [5.41, 5.74) is 2.96. The molecule has 0 radical (unpaired) electrons. The van der Waals surface area contributed by atoms with E-state index in [0.717, 1.165) is 18.5 Å². The van der Waals surface area contributed by atoms with E-state index in [2.05, 4.69) is 29.3 Å². The van der Waals surface area contributed by atoms with Crippen molar-refractivity contribution in [1.82, 2.24) is 0 Å². The zero-order valence-electron chi connectivity index (χ0n) is 13.9. The van der Waals surface area contributed by atoms with Crippen LogP contribution in [-0.4, -0.2) is 25.3 Å². The lowest BCUT2D eigenvalue weighted by Gasteiger charge is -2.36. The number of hydrogen-bond acceptors (Lipinski definition) is 4. The fraction of sp³-hybridized carbons (Fsp3) is 0.316. The van der Waals surface area contributed by atoms with E-state index in [0.29, 0.717) is 28.3 Å². The summed E-state index contributed by atoms with van der Waals surface area (Å²) in [5, 5.41) is 3.33. The lowest BCUT2D eigenvalue weighted by atomic mass is 9.96. The third-order valence-electron chi connectivity index (χ3n) is 4.71. The number of aryl methyl sites for hydroxylation is 1. The second-order valence-corrected chi connectivity index (χ2v) is 6.79. The van der Waals surface area contributed by atoms with Crippen molar-refractivity contribution in [2.75, 3.05) is 23.6 Å². The molecule has 2 aliphatic heterocycles. The fourth-order valence-electron chi connectivity index (χ4n) is 3.36. The number of hydrogen-bond donors (Lipinski definition) is 1. The maximum Gasteiger partial charge on any atom is 0.243 e. The number of rotatable bonds is 3. The van der Waals surface area contributed by atoms with Crippen LogP contribution < -0.4 is 19.7 Å². The van der Waals surface area contributed by atoms with Crippen LogP contribution in [0.5, 0.6) is 11.5 Å². The van der Waals surface area contributed by atoms with E-state index >= 15 is 0 Å². The molecule has 1 atom stereocenters. The van der Waals surface area contributed by atoms with Gasteiger partial charge in [0.25, 0.3) is 0 Å². The van der Waals surface area contributed by atoms with E-state index in [1.807, 2.05) is 12.1 Å². The van der Waals surface area contributed by atoms with Crippen LogP contribution in [0.2, 0.25) is 5.02 Å². The Morgan fingerprint density at radius 1 is 1.28 bits per heavy atom. The van der Waals surface area contributed by atoms with E-state index in [1.165, 1.54) is 5.56 Å². The van der Waals surface area contributed by atoms with E-state index < -0.39 is 0 Å². The Hall–Kier alpha value is -2.40. The molecule has 1 N–H and O–H groups in total. The van der Waals surface area contributed by atoms with Crippen LogP contribution in [0.15, 0.2) is 36.4 Å². The van der Waals surface area contributed by atoms with Gasteiger partial charge in [-0.25, -0.2) is 0 Å². The van der Waals surface area contributed by atoms with Gasteiger partial charge in [-0.05, 0) is 31.4 Å². The van der Waals surface area contributed by atoms with Gasteiger partial charge in [-0.1, -0.05) is 29.8 Å². The molecular formula is C19H19ClN2O3. The predicted molar refractivity (Wildman–Crippen MR) is 97.8 cm³/mol. The van der Waals surface area contributed by atoms with Crippen LogP contribution in [0.1, 0.15) is 18.9 Å². The SMILES string of the molecule is C[C@H]1CCc2ccccc2N1CC(=O)Nc1cc2c(cc1Cl)OCO2. The van der Waals surface area contributed by atoms with Crippen LogP contribution in [0.4, 0.5) is 11.4 Å². The molecule has 0 aliphatic carbocycles. The smallest absolute Gasteiger partial charge is 0.243 e. The lowest BCUT2D eigenvalue weighted by molar-refractivity contribution is -0.115. The number of nitrogens with one attached hydrogen (secondary N) is 1. The molecule has 0 saturated heterocycles. The summed E-state index contributed by atoms with van der Waals surface area (Å²) >= 11 is 6.24. The van der Waals surface area contributed by atoms with E-state index in [1.54, 1.807) is 12.1 Å². The summed E-state index contributed by atoms with van der Waals surface area (Å²) in [6, 6.07) is 11.9. The molecule has 2 aliphatic rings. The van der Waals surface area contributed by atoms with Crippen molar-refractivity contribution < 1.29 is 14.3 Å². The Morgan fingerprint density at radius 2 is 2.04 bits per heavy atom. The first-order valence-corrected chi connectivity index (χ1v) is 8.73. The third kappa shape index (κ3) is 3.12. The predicted octanol–water partition coefficient (Wildman–Crippen LogP) is 3.85. The molecule has 0 saturated carbocycles. The molecule has 2 aromatic carbocycles. The highest BCUT2D eigenvalue weighted by Gasteiger charge is 2.25. The van der Waals surface area contributed by atoms with Crippen molar-refractivity contribution in [3.63, 3.8) is 0 Å². The molecule has 4 rings (SSSR count). The Morgan fingerprint density at radius 3 is 2.88 bits per heavy atom. The normalized spacial score (nSPS) is 18.0. The van der Waals surface area contributed by atoms with Gasteiger partial charge in [0, 0.05) is 23.9 Å². The average molecular weight is 359 g/mol. The molecule has 0 fully saturated rings. The van der Waals surface area contributed by atoms with Crippen LogP contribution >= 0.6 is 11.6 Å². The Labute approximate surface area is 151 Å². The summed E-state index contributed by atoms with van der Waals surface area (Å²) in [5.74, 6) is 1.09. The largest absolute Gasteiger partial charge is 0.454 e. The zero-order valence-corrected chi connectivity index (χ0v) is 14.7. The van der Waals surface area contributed by atoms with Gasteiger partial charge >= 0.3 is 0 Å². The minimum Gasteiger partial charge on any atom is -0.454 e. The first kappa shape index (κ1) is 16.1. The van der Waals surface area contributed by atoms with Crippen molar-refractivity contribution in [2.24, 2.45) is 0 Å². The Bertz CT molecular complexity index is 824. The van der Waals surface area contributed by atoms with Crippen LogP contribution in [-0.2, 0) is 11.2 Å². The first-order chi connectivity index (χ1) is 12.1. The van der Waals surface area contributed by atoms with Crippen molar-refractivity contribution >= 4 is 28.9 Å². The maximum atomic E-state index is 12.6. The third-order valence-corrected chi connectivity index (χ3v) is 5.03. The summed E-state index contributed by atoms with van der Waals surface area (Å²) in [7, 11) is 0. The van der Waals surface area contributed by atoms with Crippen LogP contribution in [0, 0.1) is 0 Å². The van der Waals surface area contributed by atoms with Crippen molar-refractivity contribution in [3.05, 3.63) is 47.0 Å². The topological polar surface area (TPSA) is 50.8 Å². The standard InChI is InChI=1S/C19H19ClN2O3/c1-12-6-7-13-4-2-3-5-16(13)22(12)10-19(23)21-15-9-18-17(8-14(15)20)24-11-25-18/h2-5,8-9,12H,6-7,10-11H2,1H3,(H,21,23)/t12-/m0/s1. The minimum absolute atomic E-state index is 0.107. The second-order valence-electron chi connectivity index (χ2n) is 6.38. The number of nitrogens with zero attached hydrogens (tertiary/aromatic N) is 1. The molecule has 5 nitrogen and oxygen atoms in total. The van der Waals surface area contributed by atoms with Gasteiger partial charge in [0.15, 0.2) is 11.5 Å². The van der Waals surface area contributed by atoms with Gasteiger partial charge < -0.3 is 19.7 Å². The molecule has 130 valence electrons.